The molecule has 0 heterocycles. The first kappa shape index (κ1) is 26.4. The van der Waals surface area contributed by atoms with Gasteiger partial charge < -0.3 is 0 Å². The van der Waals surface area contributed by atoms with Gasteiger partial charge in [0, 0.05) is 0 Å². The van der Waals surface area contributed by atoms with E-state index in [1.165, 1.54) is 44.5 Å². The van der Waals surface area contributed by atoms with E-state index < -0.39 is 10.3 Å². The third kappa shape index (κ3) is 4.63. The van der Waals surface area contributed by atoms with Crippen LogP contribution in [0.15, 0.2) is 170 Å². The van der Waals surface area contributed by atoms with Crippen LogP contribution in [0.2, 0.25) is 0 Å². The normalized spacial score (nSPS) is 11.8. The van der Waals surface area contributed by atoms with Gasteiger partial charge in [0.2, 0.25) is 0 Å². The molecule has 6 rings (SSSR count). The van der Waals surface area contributed by atoms with Crippen LogP contribution in [0.4, 0.5) is 0 Å². The van der Waals surface area contributed by atoms with Gasteiger partial charge in [0.25, 0.3) is 0 Å². The van der Waals surface area contributed by atoms with Crippen molar-refractivity contribution in [2.75, 3.05) is 0 Å². The van der Waals surface area contributed by atoms with Crippen molar-refractivity contribution in [3.05, 3.63) is 203 Å². The molecule has 0 saturated carbocycles. The topological polar surface area (TPSA) is 0 Å². The minimum atomic E-state index is -0.518. The van der Waals surface area contributed by atoms with Crippen molar-refractivity contribution >= 4 is 18.5 Å². The second kappa shape index (κ2) is 11.3. The average Bonchev–Trinajstić information content (AvgIpc) is 3.05. The predicted molar refractivity (Wildman–Crippen MR) is 177 cm³/mol. The SMILES string of the molecule is PC(c1ccccc1)(c1ccccc1)c1cccc(-c2ccccc2)c1C(P)(c1ccccc1)c1ccccc1. The van der Waals surface area contributed by atoms with Gasteiger partial charge in [-0.05, 0) is 44.5 Å². The molecule has 0 aromatic heterocycles. The summed E-state index contributed by atoms with van der Waals surface area (Å²) in [6, 6.07) is 61.1. The summed E-state index contributed by atoms with van der Waals surface area (Å²) < 4.78 is 0. The van der Waals surface area contributed by atoms with E-state index in [-0.39, 0.29) is 0 Å². The lowest BCUT2D eigenvalue weighted by Gasteiger charge is -2.41. The Hall–Kier alpha value is -3.82. The van der Waals surface area contributed by atoms with Crippen molar-refractivity contribution in [1.82, 2.24) is 0 Å². The molecule has 0 bridgehead atoms. The van der Waals surface area contributed by atoms with Crippen LogP contribution in [0.25, 0.3) is 11.1 Å². The molecule has 2 heteroatoms. The maximum Gasteiger partial charge on any atom is 0.0600 e. The van der Waals surface area contributed by atoms with Crippen molar-refractivity contribution < 1.29 is 0 Å². The fourth-order valence-electron chi connectivity index (χ4n) is 5.90. The first-order valence-electron chi connectivity index (χ1n) is 13.6. The van der Waals surface area contributed by atoms with Gasteiger partial charge >= 0.3 is 0 Å². The smallest absolute Gasteiger partial charge is 0.0600 e. The van der Waals surface area contributed by atoms with Gasteiger partial charge in [0.05, 0.1) is 10.3 Å². The van der Waals surface area contributed by atoms with E-state index in [9.17, 15) is 0 Å². The van der Waals surface area contributed by atoms with Crippen molar-refractivity contribution in [3.63, 3.8) is 0 Å². The molecule has 0 saturated heterocycles. The third-order valence-electron chi connectivity index (χ3n) is 7.88. The summed E-state index contributed by atoms with van der Waals surface area (Å²) >= 11 is 0. The Morgan fingerprint density at radius 3 is 1.07 bits per heavy atom. The van der Waals surface area contributed by atoms with Crippen LogP contribution in [0.3, 0.4) is 0 Å². The molecule has 0 aliphatic carbocycles. The van der Waals surface area contributed by atoms with E-state index in [0.717, 1.165) is 0 Å². The number of benzene rings is 6. The van der Waals surface area contributed by atoms with Crippen molar-refractivity contribution in [1.29, 1.82) is 0 Å². The largest absolute Gasteiger partial charge is 0.117 e. The predicted octanol–water partition coefficient (Wildman–Crippen LogP) is 9.69. The zero-order chi connectivity index (χ0) is 27.4. The highest BCUT2D eigenvalue weighted by molar-refractivity contribution is 7.20. The van der Waals surface area contributed by atoms with Gasteiger partial charge in [-0.15, -0.1) is 18.5 Å². The standard InChI is InChI=1S/C38H32P2/c39-37(30-19-8-2-9-20-30,31-21-10-3-11-22-31)35-28-16-27-34(29-17-6-1-7-18-29)36(35)38(40,32-23-12-4-13-24-32)33-25-14-5-15-26-33/h1-28H,39-40H2. The lowest BCUT2D eigenvalue weighted by Crippen LogP contribution is -2.31. The van der Waals surface area contributed by atoms with E-state index >= 15 is 0 Å². The Kier molecular flexibility index (Phi) is 7.49. The Balaban J connectivity index is 1.79. The van der Waals surface area contributed by atoms with E-state index in [2.05, 4.69) is 188 Å². The lowest BCUT2D eigenvalue weighted by molar-refractivity contribution is 0.819. The molecule has 194 valence electrons. The first-order chi connectivity index (χ1) is 19.6. The summed E-state index contributed by atoms with van der Waals surface area (Å²) in [4.78, 5) is 0. The summed E-state index contributed by atoms with van der Waals surface area (Å²) in [7, 11) is 6.58. The summed E-state index contributed by atoms with van der Waals surface area (Å²) in [5, 5.41) is -1.01. The second-order valence-electron chi connectivity index (χ2n) is 10.2. The molecular weight excluding hydrogens is 518 g/mol. The van der Waals surface area contributed by atoms with Gasteiger partial charge in [-0.25, -0.2) is 0 Å². The molecule has 0 aliphatic rings. The van der Waals surface area contributed by atoms with Crippen LogP contribution >= 0.6 is 18.5 Å². The molecular formula is C38H32P2. The Bertz CT molecular complexity index is 1600. The molecule has 0 spiro atoms. The number of hydrogen-bond donors (Lipinski definition) is 0. The van der Waals surface area contributed by atoms with Crippen LogP contribution in [0.1, 0.15) is 33.4 Å². The highest BCUT2D eigenvalue weighted by atomic mass is 31.0. The number of hydrogen-bond acceptors (Lipinski definition) is 0. The molecule has 0 amide bonds. The molecule has 0 nitrogen and oxygen atoms in total. The van der Waals surface area contributed by atoms with Gasteiger partial charge in [-0.1, -0.05) is 170 Å². The average molecular weight is 551 g/mol. The molecule has 2 atom stereocenters. The van der Waals surface area contributed by atoms with E-state index in [1.54, 1.807) is 0 Å². The van der Waals surface area contributed by atoms with Crippen molar-refractivity contribution in [2.45, 2.75) is 10.3 Å². The van der Waals surface area contributed by atoms with Crippen LogP contribution < -0.4 is 0 Å². The van der Waals surface area contributed by atoms with Crippen LogP contribution in [0, 0.1) is 0 Å². The van der Waals surface area contributed by atoms with Gasteiger partial charge in [-0.2, -0.15) is 0 Å². The quantitative estimate of drug-likeness (QED) is 0.137. The third-order valence-corrected chi connectivity index (χ3v) is 9.82. The fraction of sp³-hybridized carbons (Fsp3) is 0.0526. The minimum absolute atomic E-state index is 0.492. The molecule has 6 aromatic rings. The molecule has 0 N–H and O–H groups in total. The lowest BCUT2D eigenvalue weighted by atomic mass is 9.72. The van der Waals surface area contributed by atoms with E-state index in [0.29, 0.717) is 0 Å². The molecule has 0 radical (unpaired) electrons. The molecule has 6 aromatic carbocycles. The van der Waals surface area contributed by atoms with Gasteiger partial charge in [-0.3, -0.25) is 0 Å². The molecule has 2 unspecified atom stereocenters. The van der Waals surface area contributed by atoms with E-state index in [4.69, 9.17) is 0 Å². The summed E-state index contributed by atoms with van der Waals surface area (Å²) in [6.45, 7) is 0. The summed E-state index contributed by atoms with van der Waals surface area (Å²) in [6.07, 6.45) is 0. The highest BCUT2D eigenvalue weighted by Gasteiger charge is 2.42. The van der Waals surface area contributed by atoms with Gasteiger partial charge in [0.1, 0.15) is 0 Å². The van der Waals surface area contributed by atoms with Crippen molar-refractivity contribution in [3.8, 4) is 11.1 Å². The van der Waals surface area contributed by atoms with Crippen LogP contribution in [-0.2, 0) is 10.3 Å². The molecule has 0 fully saturated rings. The zero-order valence-electron chi connectivity index (χ0n) is 22.3. The fourth-order valence-corrected chi connectivity index (χ4v) is 7.22. The molecule has 40 heavy (non-hydrogen) atoms. The maximum atomic E-state index is 3.30. The highest BCUT2D eigenvalue weighted by Crippen LogP contribution is 2.55. The Morgan fingerprint density at radius 2 is 0.675 bits per heavy atom. The van der Waals surface area contributed by atoms with Gasteiger partial charge in [0.15, 0.2) is 0 Å². The van der Waals surface area contributed by atoms with Crippen molar-refractivity contribution in [2.24, 2.45) is 0 Å². The summed E-state index contributed by atoms with van der Waals surface area (Å²) in [5.41, 5.74) is 9.85. The molecule has 0 aliphatic heterocycles. The van der Waals surface area contributed by atoms with E-state index in [1.807, 2.05) is 0 Å². The Labute approximate surface area is 242 Å². The minimum Gasteiger partial charge on any atom is -0.117 e. The Morgan fingerprint density at radius 1 is 0.325 bits per heavy atom. The monoisotopic (exact) mass is 550 g/mol. The maximum absolute atomic E-state index is 3.30. The zero-order valence-corrected chi connectivity index (χ0v) is 24.6. The first-order valence-corrected chi connectivity index (χ1v) is 14.8. The van der Waals surface area contributed by atoms with Crippen LogP contribution in [0.5, 0.6) is 0 Å². The second-order valence-corrected chi connectivity index (χ2v) is 11.9. The number of rotatable bonds is 7. The summed E-state index contributed by atoms with van der Waals surface area (Å²) in [5.74, 6) is 0. The van der Waals surface area contributed by atoms with Crippen LogP contribution in [-0.4, -0.2) is 0 Å².